The highest BCUT2D eigenvalue weighted by molar-refractivity contribution is 6.35. The molecule has 0 spiro atoms. The smallest absolute Gasteiger partial charge is 0.0441 e. The van der Waals surface area contributed by atoms with E-state index in [0.717, 1.165) is 31.6 Å². The van der Waals surface area contributed by atoms with Crippen molar-refractivity contribution in [3.63, 3.8) is 0 Å². The third-order valence-corrected chi connectivity index (χ3v) is 3.11. The summed E-state index contributed by atoms with van der Waals surface area (Å²) in [7, 11) is 0. The monoisotopic (exact) mass is 244 g/mol. The molecular formula is C11H14Cl2N2. The summed E-state index contributed by atoms with van der Waals surface area (Å²) in [5.41, 5.74) is 7.00. The standard InChI is InChI=1S/C11H14Cl2N2/c12-8-4-9(13)6-11(5-8)15-3-1-2-10(14)7-15/h4-6,10H,1-3,7,14H2. The summed E-state index contributed by atoms with van der Waals surface area (Å²) in [5.74, 6) is 0. The molecule has 2 nitrogen and oxygen atoms in total. The van der Waals surface area contributed by atoms with Crippen molar-refractivity contribution in [2.75, 3.05) is 18.0 Å². The number of benzene rings is 1. The van der Waals surface area contributed by atoms with E-state index in [9.17, 15) is 0 Å². The molecule has 1 aromatic carbocycles. The number of rotatable bonds is 1. The number of halogens is 2. The van der Waals surface area contributed by atoms with Gasteiger partial charge in [0.15, 0.2) is 0 Å². The first-order chi connectivity index (χ1) is 7.15. The number of anilines is 1. The predicted molar refractivity (Wildman–Crippen MR) is 65.9 cm³/mol. The average Bonchev–Trinajstić information content (AvgIpc) is 2.16. The van der Waals surface area contributed by atoms with Gasteiger partial charge in [-0.25, -0.2) is 0 Å². The van der Waals surface area contributed by atoms with Gasteiger partial charge in [-0.3, -0.25) is 0 Å². The molecule has 1 fully saturated rings. The maximum atomic E-state index is 5.96. The Morgan fingerprint density at radius 3 is 2.47 bits per heavy atom. The zero-order valence-electron chi connectivity index (χ0n) is 8.42. The maximum absolute atomic E-state index is 5.96. The minimum atomic E-state index is 0.261. The van der Waals surface area contributed by atoms with E-state index in [1.54, 1.807) is 6.07 Å². The van der Waals surface area contributed by atoms with Gasteiger partial charge in [-0.1, -0.05) is 23.2 Å². The number of piperidine rings is 1. The van der Waals surface area contributed by atoms with E-state index in [2.05, 4.69) is 4.90 Å². The van der Waals surface area contributed by atoms with Gasteiger partial charge < -0.3 is 10.6 Å². The number of nitrogens with zero attached hydrogens (tertiary/aromatic N) is 1. The summed E-state index contributed by atoms with van der Waals surface area (Å²) in [5, 5.41) is 1.35. The highest BCUT2D eigenvalue weighted by atomic mass is 35.5. The SMILES string of the molecule is NC1CCCN(c2cc(Cl)cc(Cl)c2)C1. The molecule has 0 bridgehead atoms. The normalized spacial score (nSPS) is 21.8. The molecule has 1 saturated heterocycles. The predicted octanol–water partition coefficient (Wildman–Crippen LogP) is 2.92. The molecule has 1 heterocycles. The Bertz CT molecular complexity index is 334. The van der Waals surface area contributed by atoms with Crippen molar-refractivity contribution in [2.45, 2.75) is 18.9 Å². The Hall–Kier alpha value is -0.440. The zero-order chi connectivity index (χ0) is 10.8. The van der Waals surface area contributed by atoms with Gasteiger partial charge in [0.2, 0.25) is 0 Å². The quantitative estimate of drug-likeness (QED) is 0.824. The topological polar surface area (TPSA) is 29.3 Å². The lowest BCUT2D eigenvalue weighted by Gasteiger charge is -2.32. The van der Waals surface area contributed by atoms with E-state index in [1.807, 2.05) is 12.1 Å². The average molecular weight is 245 g/mol. The van der Waals surface area contributed by atoms with Crippen LogP contribution in [0.4, 0.5) is 5.69 Å². The van der Waals surface area contributed by atoms with Gasteiger partial charge in [0, 0.05) is 34.9 Å². The Morgan fingerprint density at radius 1 is 1.20 bits per heavy atom. The van der Waals surface area contributed by atoms with Crippen LogP contribution in [0, 0.1) is 0 Å². The summed E-state index contributed by atoms with van der Waals surface area (Å²) in [6.45, 7) is 1.92. The second kappa shape index (κ2) is 4.60. The lowest BCUT2D eigenvalue weighted by atomic mass is 10.1. The number of nitrogens with two attached hydrogens (primary N) is 1. The van der Waals surface area contributed by atoms with Crippen LogP contribution in [0.1, 0.15) is 12.8 Å². The van der Waals surface area contributed by atoms with Crippen LogP contribution in [0.25, 0.3) is 0 Å². The molecule has 0 aromatic heterocycles. The van der Waals surface area contributed by atoms with Gasteiger partial charge in [-0.05, 0) is 31.0 Å². The molecule has 1 aromatic rings. The second-order valence-electron chi connectivity index (χ2n) is 3.98. The Balaban J connectivity index is 2.20. The molecule has 2 rings (SSSR count). The Kier molecular flexibility index (Phi) is 3.39. The van der Waals surface area contributed by atoms with Crippen molar-refractivity contribution < 1.29 is 0 Å². The van der Waals surface area contributed by atoms with E-state index >= 15 is 0 Å². The van der Waals surface area contributed by atoms with Crippen molar-refractivity contribution in [1.82, 2.24) is 0 Å². The molecule has 82 valence electrons. The van der Waals surface area contributed by atoms with Crippen LogP contribution in [0.5, 0.6) is 0 Å². The van der Waals surface area contributed by atoms with Crippen LogP contribution < -0.4 is 10.6 Å². The minimum absolute atomic E-state index is 0.261. The largest absolute Gasteiger partial charge is 0.370 e. The first-order valence-electron chi connectivity index (χ1n) is 5.12. The van der Waals surface area contributed by atoms with Gasteiger partial charge in [-0.15, -0.1) is 0 Å². The summed E-state index contributed by atoms with van der Waals surface area (Å²) in [4.78, 5) is 2.24. The molecule has 0 saturated carbocycles. The van der Waals surface area contributed by atoms with Gasteiger partial charge >= 0.3 is 0 Å². The van der Waals surface area contributed by atoms with Crippen LogP contribution in [-0.2, 0) is 0 Å². The van der Waals surface area contributed by atoms with E-state index in [0.29, 0.717) is 10.0 Å². The van der Waals surface area contributed by atoms with Crippen LogP contribution >= 0.6 is 23.2 Å². The number of hydrogen-bond acceptors (Lipinski definition) is 2. The van der Waals surface area contributed by atoms with E-state index in [1.165, 1.54) is 0 Å². The molecule has 1 unspecified atom stereocenters. The van der Waals surface area contributed by atoms with Gasteiger partial charge in [-0.2, -0.15) is 0 Å². The lowest BCUT2D eigenvalue weighted by Crippen LogP contribution is -2.42. The molecule has 2 N–H and O–H groups in total. The molecule has 0 aliphatic carbocycles. The number of hydrogen-bond donors (Lipinski definition) is 1. The zero-order valence-corrected chi connectivity index (χ0v) is 9.93. The third kappa shape index (κ3) is 2.77. The molecule has 0 radical (unpaired) electrons. The molecule has 1 aliphatic rings. The second-order valence-corrected chi connectivity index (χ2v) is 4.85. The Labute approximate surface area is 100.0 Å². The van der Waals surface area contributed by atoms with Gasteiger partial charge in [0.1, 0.15) is 0 Å². The van der Waals surface area contributed by atoms with Crippen molar-refractivity contribution in [2.24, 2.45) is 5.73 Å². The summed E-state index contributed by atoms with van der Waals surface area (Å²) in [6, 6.07) is 5.88. The van der Waals surface area contributed by atoms with E-state index in [-0.39, 0.29) is 6.04 Å². The van der Waals surface area contributed by atoms with Crippen molar-refractivity contribution in [3.8, 4) is 0 Å². The molecule has 1 atom stereocenters. The summed E-state index contributed by atoms with van der Waals surface area (Å²) < 4.78 is 0. The van der Waals surface area contributed by atoms with Crippen molar-refractivity contribution in [3.05, 3.63) is 28.2 Å². The van der Waals surface area contributed by atoms with E-state index in [4.69, 9.17) is 28.9 Å². The summed E-state index contributed by atoms with van der Waals surface area (Å²) in [6.07, 6.45) is 2.23. The fraction of sp³-hybridized carbons (Fsp3) is 0.455. The third-order valence-electron chi connectivity index (χ3n) is 2.67. The maximum Gasteiger partial charge on any atom is 0.0441 e. The highest BCUT2D eigenvalue weighted by Gasteiger charge is 2.17. The van der Waals surface area contributed by atoms with Crippen molar-refractivity contribution in [1.29, 1.82) is 0 Å². The van der Waals surface area contributed by atoms with Gasteiger partial charge in [0.05, 0.1) is 0 Å². The summed E-state index contributed by atoms with van der Waals surface area (Å²) >= 11 is 11.9. The molecule has 1 aliphatic heterocycles. The van der Waals surface area contributed by atoms with E-state index < -0.39 is 0 Å². The molecule has 0 amide bonds. The fourth-order valence-corrected chi connectivity index (χ4v) is 2.48. The van der Waals surface area contributed by atoms with Gasteiger partial charge in [0.25, 0.3) is 0 Å². The van der Waals surface area contributed by atoms with Crippen LogP contribution in [0.3, 0.4) is 0 Å². The first-order valence-corrected chi connectivity index (χ1v) is 5.87. The molecule has 15 heavy (non-hydrogen) atoms. The van der Waals surface area contributed by atoms with Crippen LogP contribution in [-0.4, -0.2) is 19.1 Å². The van der Waals surface area contributed by atoms with Crippen LogP contribution in [0.2, 0.25) is 10.0 Å². The fourth-order valence-electron chi connectivity index (χ4n) is 1.97. The van der Waals surface area contributed by atoms with Crippen molar-refractivity contribution >= 4 is 28.9 Å². The first kappa shape index (κ1) is 11.1. The molecular weight excluding hydrogens is 231 g/mol. The lowest BCUT2D eigenvalue weighted by molar-refractivity contribution is 0.506. The highest BCUT2D eigenvalue weighted by Crippen LogP contribution is 2.27. The van der Waals surface area contributed by atoms with Crippen LogP contribution in [0.15, 0.2) is 18.2 Å². The molecule has 4 heteroatoms. The Morgan fingerprint density at radius 2 is 1.87 bits per heavy atom. The minimum Gasteiger partial charge on any atom is -0.370 e.